The maximum absolute atomic E-state index is 12.1. The van der Waals surface area contributed by atoms with E-state index in [4.69, 9.17) is 8.83 Å². The molecule has 2 heterocycles. The van der Waals surface area contributed by atoms with Crippen molar-refractivity contribution in [2.45, 2.75) is 20.8 Å². The summed E-state index contributed by atoms with van der Waals surface area (Å²) in [7, 11) is 0. The Labute approximate surface area is 133 Å². The lowest BCUT2D eigenvalue weighted by Gasteiger charge is -2.17. The lowest BCUT2D eigenvalue weighted by molar-refractivity contribution is -0.123. The van der Waals surface area contributed by atoms with E-state index in [0.717, 1.165) is 5.56 Å². The van der Waals surface area contributed by atoms with Crippen LogP contribution in [0.1, 0.15) is 20.8 Å². The van der Waals surface area contributed by atoms with Gasteiger partial charge >= 0.3 is 0 Å². The zero-order valence-electron chi connectivity index (χ0n) is 13.2. The first kappa shape index (κ1) is 15.0. The van der Waals surface area contributed by atoms with Crippen LogP contribution in [-0.4, -0.2) is 16.1 Å². The van der Waals surface area contributed by atoms with Crippen LogP contribution in [0.3, 0.4) is 0 Å². The standard InChI is InChI=1S/C17H17N3O3/c1-17(2,3)16(21)18-12-7-4-6-11(10-12)14-19-20-15(23-14)13-8-5-9-22-13/h4-10H,1-3H3,(H,18,21). The fourth-order valence-corrected chi connectivity index (χ4v) is 1.89. The number of nitrogens with one attached hydrogen (secondary N) is 1. The molecule has 1 aromatic carbocycles. The molecule has 2 aromatic heterocycles. The number of hydrogen-bond donors (Lipinski definition) is 1. The largest absolute Gasteiger partial charge is 0.459 e. The highest BCUT2D eigenvalue weighted by Crippen LogP contribution is 2.26. The van der Waals surface area contributed by atoms with E-state index < -0.39 is 5.41 Å². The molecule has 0 aliphatic rings. The van der Waals surface area contributed by atoms with E-state index in [1.807, 2.05) is 39.0 Å². The molecule has 3 rings (SSSR count). The molecule has 0 aliphatic carbocycles. The quantitative estimate of drug-likeness (QED) is 0.791. The molecule has 0 fully saturated rings. The van der Waals surface area contributed by atoms with Gasteiger partial charge in [0.1, 0.15) is 0 Å². The van der Waals surface area contributed by atoms with Gasteiger partial charge in [-0.25, -0.2) is 0 Å². The van der Waals surface area contributed by atoms with Crippen molar-refractivity contribution >= 4 is 11.6 Å². The van der Waals surface area contributed by atoms with Crippen LogP contribution in [0.5, 0.6) is 0 Å². The number of nitrogens with zero attached hydrogens (tertiary/aromatic N) is 2. The number of amides is 1. The van der Waals surface area contributed by atoms with Crippen molar-refractivity contribution in [1.82, 2.24) is 10.2 Å². The van der Waals surface area contributed by atoms with Crippen molar-refractivity contribution in [3.8, 4) is 23.1 Å². The first-order valence-electron chi connectivity index (χ1n) is 7.23. The normalized spacial score (nSPS) is 11.4. The van der Waals surface area contributed by atoms with Crippen molar-refractivity contribution in [3.05, 3.63) is 42.7 Å². The monoisotopic (exact) mass is 311 g/mol. The van der Waals surface area contributed by atoms with Crippen molar-refractivity contribution in [2.24, 2.45) is 5.41 Å². The first-order chi connectivity index (χ1) is 10.9. The van der Waals surface area contributed by atoms with Gasteiger partial charge in [-0.05, 0) is 30.3 Å². The third-order valence-corrected chi connectivity index (χ3v) is 3.21. The van der Waals surface area contributed by atoms with Crippen molar-refractivity contribution in [1.29, 1.82) is 0 Å². The Morgan fingerprint density at radius 2 is 1.87 bits per heavy atom. The van der Waals surface area contributed by atoms with E-state index in [-0.39, 0.29) is 5.91 Å². The lowest BCUT2D eigenvalue weighted by atomic mass is 9.95. The number of carbonyl (C=O) groups excluding carboxylic acids is 1. The molecule has 0 atom stereocenters. The summed E-state index contributed by atoms with van der Waals surface area (Å²) < 4.78 is 10.8. The van der Waals surface area contributed by atoms with Crippen LogP contribution >= 0.6 is 0 Å². The summed E-state index contributed by atoms with van der Waals surface area (Å²) >= 11 is 0. The molecule has 0 aliphatic heterocycles. The van der Waals surface area contributed by atoms with Crippen LogP contribution < -0.4 is 5.32 Å². The van der Waals surface area contributed by atoms with Crippen LogP contribution in [0.25, 0.3) is 23.1 Å². The van der Waals surface area contributed by atoms with Gasteiger partial charge < -0.3 is 14.2 Å². The smallest absolute Gasteiger partial charge is 0.283 e. The molecular formula is C17H17N3O3. The number of aromatic nitrogens is 2. The van der Waals surface area contributed by atoms with Gasteiger partial charge in [0.05, 0.1) is 6.26 Å². The highest BCUT2D eigenvalue weighted by atomic mass is 16.4. The summed E-state index contributed by atoms with van der Waals surface area (Å²) in [6, 6.07) is 10.8. The molecule has 1 N–H and O–H groups in total. The SMILES string of the molecule is CC(C)(C)C(=O)Nc1cccc(-c2nnc(-c3ccco3)o2)c1. The Kier molecular flexibility index (Phi) is 3.73. The molecule has 1 amide bonds. The van der Waals surface area contributed by atoms with Crippen molar-refractivity contribution in [3.63, 3.8) is 0 Å². The fraction of sp³-hybridized carbons (Fsp3) is 0.235. The third kappa shape index (κ3) is 3.31. The second-order valence-corrected chi connectivity index (χ2v) is 6.17. The molecule has 118 valence electrons. The Balaban J connectivity index is 1.84. The molecule has 0 bridgehead atoms. The van der Waals surface area contributed by atoms with E-state index in [9.17, 15) is 4.79 Å². The van der Waals surface area contributed by atoms with Crippen LogP contribution in [0.4, 0.5) is 5.69 Å². The molecule has 23 heavy (non-hydrogen) atoms. The predicted molar refractivity (Wildman–Crippen MR) is 85.5 cm³/mol. The number of anilines is 1. The summed E-state index contributed by atoms with van der Waals surface area (Å²) in [5, 5.41) is 10.9. The fourth-order valence-electron chi connectivity index (χ4n) is 1.89. The molecule has 3 aromatic rings. The third-order valence-electron chi connectivity index (χ3n) is 3.21. The highest BCUT2D eigenvalue weighted by Gasteiger charge is 2.21. The van der Waals surface area contributed by atoms with Crippen LogP contribution in [0.2, 0.25) is 0 Å². The second-order valence-electron chi connectivity index (χ2n) is 6.17. The summed E-state index contributed by atoms with van der Waals surface area (Å²) in [5.74, 6) is 1.13. The predicted octanol–water partition coefficient (Wildman–Crippen LogP) is 3.98. The number of rotatable bonds is 3. The summed E-state index contributed by atoms with van der Waals surface area (Å²) in [4.78, 5) is 12.1. The van der Waals surface area contributed by atoms with Crippen LogP contribution in [-0.2, 0) is 4.79 Å². The molecule has 6 heteroatoms. The number of hydrogen-bond acceptors (Lipinski definition) is 5. The van der Waals surface area contributed by atoms with Crippen molar-refractivity contribution in [2.75, 3.05) is 5.32 Å². The van der Waals surface area contributed by atoms with Gasteiger partial charge in [-0.2, -0.15) is 0 Å². The van der Waals surface area contributed by atoms with Gasteiger partial charge in [0.25, 0.3) is 5.89 Å². The highest BCUT2D eigenvalue weighted by molar-refractivity contribution is 5.94. The summed E-state index contributed by atoms with van der Waals surface area (Å²) in [6.45, 7) is 5.58. The first-order valence-corrected chi connectivity index (χ1v) is 7.23. The molecule has 0 unspecified atom stereocenters. The second kappa shape index (κ2) is 5.72. The Hall–Kier alpha value is -2.89. The van der Waals surface area contributed by atoms with Gasteiger partial charge in [-0.15, -0.1) is 10.2 Å². The van der Waals surface area contributed by atoms with Gasteiger partial charge in [-0.1, -0.05) is 26.8 Å². The van der Waals surface area contributed by atoms with E-state index in [1.54, 1.807) is 24.5 Å². The molecule has 0 spiro atoms. The van der Waals surface area contributed by atoms with E-state index in [0.29, 0.717) is 23.2 Å². The Morgan fingerprint density at radius 3 is 2.57 bits per heavy atom. The van der Waals surface area contributed by atoms with Gasteiger partial charge in [0.15, 0.2) is 5.76 Å². The lowest BCUT2D eigenvalue weighted by Crippen LogP contribution is -2.27. The van der Waals surface area contributed by atoms with Gasteiger partial charge in [0.2, 0.25) is 11.8 Å². The minimum atomic E-state index is -0.465. The Morgan fingerprint density at radius 1 is 1.09 bits per heavy atom. The molecule has 0 saturated carbocycles. The maximum Gasteiger partial charge on any atom is 0.283 e. The van der Waals surface area contributed by atoms with E-state index in [2.05, 4.69) is 15.5 Å². The minimum Gasteiger partial charge on any atom is -0.459 e. The average molecular weight is 311 g/mol. The zero-order chi connectivity index (χ0) is 16.4. The van der Waals surface area contributed by atoms with Gasteiger partial charge in [-0.3, -0.25) is 4.79 Å². The molecular weight excluding hydrogens is 294 g/mol. The number of benzene rings is 1. The molecule has 6 nitrogen and oxygen atoms in total. The van der Waals surface area contributed by atoms with E-state index in [1.165, 1.54) is 0 Å². The Bertz CT molecular complexity index is 814. The van der Waals surface area contributed by atoms with Gasteiger partial charge in [0, 0.05) is 16.7 Å². The number of carbonyl (C=O) groups is 1. The van der Waals surface area contributed by atoms with Crippen LogP contribution in [0, 0.1) is 5.41 Å². The topological polar surface area (TPSA) is 81.2 Å². The summed E-state index contributed by atoms with van der Waals surface area (Å²) in [6.07, 6.45) is 1.54. The van der Waals surface area contributed by atoms with E-state index >= 15 is 0 Å². The molecule has 0 radical (unpaired) electrons. The van der Waals surface area contributed by atoms with Crippen molar-refractivity contribution < 1.29 is 13.6 Å². The summed E-state index contributed by atoms with van der Waals surface area (Å²) in [5.41, 5.74) is 0.939. The van der Waals surface area contributed by atoms with Crippen LogP contribution in [0.15, 0.2) is 51.5 Å². The molecule has 0 saturated heterocycles. The zero-order valence-corrected chi connectivity index (χ0v) is 13.2. The minimum absolute atomic E-state index is 0.0588. The number of furan rings is 1. The maximum atomic E-state index is 12.1. The average Bonchev–Trinajstić information content (AvgIpc) is 3.18.